The summed E-state index contributed by atoms with van der Waals surface area (Å²) in [6.45, 7) is 0.473. The number of ether oxygens (including phenoxy) is 1. The van der Waals surface area contributed by atoms with Gasteiger partial charge >= 0.3 is 5.97 Å². The maximum Gasteiger partial charge on any atom is 0.324 e. The molecule has 1 saturated heterocycles. The minimum atomic E-state index is -0.253. The van der Waals surface area contributed by atoms with Gasteiger partial charge in [0.15, 0.2) is 0 Å². The molecule has 1 fully saturated rings. The van der Waals surface area contributed by atoms with E-state index in [-0.39, 0.29) is 17.9 Å². The van der Waals surface area contributed by atoms with E-state index in [2.05, 4.69) is 15.0 Å². The van der Waals surface area contributed by atoms with Crippen LogP contribution in [0.5, 0.6) is 0 Å². The van der Waals surface area contributed by atoms with Crippen LogP contribution < -0.4 is 10.0 Å². The lowest BCUT2D eigenvalue weighted by Crippen LogP contribution is -2.27. The smallest absolute Gasteiger partial charge is 0.324 e. The molecular formula is C15H15N3O3S. The van der Waals surface area contributed by atoms with E-state index < -0.39 is 0 Å². The third-order valence-corrected chi connectivity index (χ3v) is 4.12. The molecule has 6 nitrogen and oxygen atoms in total. The summed E-state index contributed by atoms with van der Waals surface area (Å²) in [7, 11) is 0. The molecule has 1 unspecified atom stereocenters. The maximum absolute atomic E-state index is 11.9. The molecule has 7 heteroatoms. The van der Waals surface area contributed by atoms with Gasteiger partial charge in [-0.25, -0.2) is 4.72 Å². The van der Waals surface area contributed by atoms with Gasteiger partial charge in [-0.3, -0.25) is 9.59 Å². The molecule has 0 bridgehead atoms. The molecule has 3 N–H and O–H groups in total. The molecule has 0 radical (unpaired) electrons. The second-order valence-electron chi connectivity index (χ2n) is 4.79. The highest BCUT2D eigenvalue weighted by Gasteiger charge is 2.26. The van der Waals surface area contributed by atoms with Gasteiger partial charge in [0.2, 0.25) is 0 Å². The molecule has 0 aliphatic carbocycles. The molecule has 114 valence electrons. The van der Waals surface area contributed by atoms with Crippen molar-refractivity contribution in [3.05, 3.63) is 48.3 Å². The van der Waals surface area contributed by atoms with Gasteiger partial charge in [0.05, 0.1) is 6.61 Å². The van der Waals surface area contributed by atoms with Crippen molar-refractivity contribution in [1.82, 2.24) is 9.71 Å². The van der Waals surface area contributed by atoms with Crippen molar-refractivity contribution in [1.29, 1.82) is 0 Å². The molecule has 2 heterocycles. The van der Waals surface area contributed by atoms with Crippen LogP contribution in [0.4, 0.5) is 5.69 Å². The van der Waals surface area contributed by atoms with Crippen LogP contribution in [0.1, 0.15) is 16.9 Å². The number of aromatic amines is 1. The quantitative estimate of drug-likeness (QED) is 0.581. The third-order valence-electron chi connectivity index (χ3n) is 3.21. The van der Waals surface area contributed by atoms with Crippen LogP contribution in [0, 0.1) is 0 Å². The number of aromatic nitrogens is 1. The van der Waals surface area contributed by atoms with Crippen LogP contribution in [0.25, 0.3) is 0 Å². The van der Waals surface area contributed by atoms with E-state index in [1.54, 1.807) is 18.3 Å². The highest BCUT2D eigenvalue weighted by molar-refractivity contribution is 7.97. The number of nitrogens with one attached hydrogen (secondary N) is 3. The first-order valence-electron chi connectivity index (χ1n) is 6.86. The van der Waals surface area contributed by atoms with E-state index in [1.807, 2.05) is 24.3 Å². The van der Waals surface area contributed by atoms with Crippen LogP contribution in [0.3, 0.4) is 0 Å². The summed E-state index contributed by atoms with van der Waals surface area (Å²) in [4.78, 5) is 27.0. The Bertz CT molecular complexity index is 655. The summed E-state index contributed by atoms with van der Waals surface area (Å²) in [6.07, 6.45) is 2.39. The molecule has 1 atom stereocenters. The molecule has 0 spiro atoms. The van der Waals surface area contributed by atoms with Gasteiger partial charge in [0.1, 0.15) is 11.7 Å². The summed E-state index contributed by atoms with van der Waals surface area (Å²) in [5.74, 6) is -0.389. The van der Waals surface area contributed by atoms with E-state index in [0.29, 0.717) is 24.4 Å². The molecule has 2 aromatic rings. The zero-order chi connectivity index (χ0) is 15.4. The number of H-pyrrole nitrogens is 1. The number of amides is 1. The fourth-order valence-electron chi connectivity index (χ4n) is 2.02. The topological polar surface area (TPSA) is 83.2 Å². The third kappa shape index (κ3) is 3.49. The van der Waals surface area contributed by atoms with Crippen LogP contribution in [0.2, 0.25) is 0 Å². The maximum atomic E-state index is 11.9. The SMILES string of the molecule is O=C(Nc1ccc(SNC2CCOC2=O)cc1)c1ccc[nH]1. The zero-order valence-corrected chi connectivity index (χ0v) is 12.5. The molecule has 22 heavy (non-hydrogen) atoms. The minimum Gasteiger partial charge on any atom is -0.464 e. The highest BCUT2D eigenvalue weighted by atomic mass is 32.2. The normalized spacial score (nSPS) is 17.3. The largest absolute Gasteiger partial charge is 0.464 e. The van der Waals surface area contributed by atoms with E-state index in [1.165, 1.54) is 11.9 Å². The van der Waals surface area contributed by atoms with Crippen molar-refractivity contribution in [2.75, 3.05) is 11.9 Å². The first kappa shape index (κ1) is 14.7. The average Bonchev–Trinajstić information content (AvgIpc) is 3.18. The van der Waals surface area contributed by atoms with E-state index in [9.17, 15) is 9.59 Å². The summed E-state index contributed by atoms with van der Waals surface area (Å²) >= 11 is 1.38. The van der Waals surface area contributed by atoms with Gasteiger partial charge in [-0.2, -0.15) is 0 Å². The molecule has 3 rings (SSSR count). The van der Waals surface area contributed by atoms with Gasteiger partial charge in [-0.05, 0) is 48.3 Å². The summed E-state index contributed by atoms with van der Waals surface area (Å²) in [5, 5.41) is 2.80. The first-order chi connectivity index (χ1) is 10.7. The van der Waals surface area contributed by atoms with Crippen LogP contribution >= 0.6 is 11.9 Å². The molecule has 1 aromatic heterocycles. The van der Waals surface area contributed by atoms with Gasteiger partial charge in [-0.1, -0.05) is 0 Å². The molecule has 1 amide bonds. The van der Waals surface area contributed by atoms with Crippen molar-refractivity contribution in [3.8, 4) is 0 Å². The second kappa shape index (κ2) is 6.67. The number of carbonyl (C=O) groups is 2. The Morgan fingerprint density at radius 3 is 2.73 bits per heavy atom. The van der Waals surface area contributed by atoms with E-state index in [4.69, 9.17) is 4.74 Å². The Morgan fingerprint density at radius 1 is 1.27 bits per heavy atom. The monoisotopic (exact) mass is 317 g/mol. The van der Waals surface area contributed by atoms with Gasteiger partial charge in [0, 0.05) is 23.2 Å². The number of esters is 1. The fraction of sp³-hybridized carbons (Fsp3) is 0.200. The number of anilines is 1. The van der Waals surface area contributed by atoms with Crippen molar-refractivity contribution < 1.29 is 14.3 Å². The number of benzene rings is 1. The Hall–Kier alpha value is -2.25. The first-order valence-corrected chi connectivity index (χ1v) is 7.68. The van der Waals surface area contributed by atoms with Gasteiger partial charge in [0.25, 0.3) is 5.91 Å². The summed E-state index contributed by atoms with van der Waals surface area (Å²) < 4.78 is 7.97. The zero-order valence-electron chi connectivity index (χ0n) is 11.7. The lowest BCUT2D eigenvalue weighted by molar-refractivity contribution is -0.139. The second-order valence-corrected chi connectivity index (χ2v) is 5.70. The Balaban J connectivity index is 1.54. The number of cyclic esters (lactones) is 1. The lowest BCUT2D eigenvalue weighted by Gasteiger charge is -2.08. The molecular weight excluding hydrogens is 302 g/mol. The van der Waals surface area contributed by atoms with Gasteiger partial charge in [-0.15, -0.1) is 0 Å². The number of hydrogen-bond acceptors (Lipinski definition) is 5. The fourth-order valence-corrected chi connectivity index (χ4v) is 2.78. The molecule has 1 aromatic carbocycles. The molecule has 1 aliphatic rings. The van der Waals surface area contributed by atoms with Crippen LogP contribution in [-0.2, 0) is 9.53 Å². The van der Waals surface area contributed by atoms with Crippen molar-refractivity contribution in [2.45, 2.75) is 17.4 Å². The van der Waals surface area contributed by atoms with Crippen LogP contribution in [0.15, 0.2) is 47.5 Å². The average molecular weight is 317 g/mol. The Kier molecular flexibility index (Phi) is 4.45. The minimum absolute atomic E-state index is 0.183. The summed E-state index contributed by atoms with van der Waals surface area (Å²) in [6, 6.07) is 10.6. The van der Waals surface area contributed by atoms with Crippen molar-refractivity contribution in [2.24, 2.45) is 0 Å². The predicted octanol–water partition coefficient (Wildman–Crippen LogP) is 2.18. The number of carbonyl (C=O) groups excluding carboxylic acids is 2. The lowest BCUT2D eigenvalue weighted by atomic mass is 10.3. The number of hydrogen-bond donors (Lipinski definition) is 3. The Morgan fingerprint density at radius 2 is 2.09 bits per heavy atom. The highest BCUT2D eigenvalue weighted by Crippen LogP contribution is 2.20. The van der Waals surface area contributed by atoms with E-state index in [0.717, 1.165) is 4.90 Å². The van der Waals surface area contributed by atoms with Gasteiger partial charge < -0.3 is 15.0 Å². The van der Waals surface area contributed by atoms with Crippen molar-refractivity contribution >= 4 is 29.5 Å². The van der Waals surface area contributed by atoms with Crippen molar-refractivity contribution in [3.63, 3.8) is 0 Å². The van der Waals surface area contributed by atoms with Crippen LogP contribution in [-0.4, -0.2) is 29.5 Å². The number of rotatable bonds is 5. The van der Waals surface area contributed by atoms with E-state index >= 15 is 0 Å². The predicted molar refractivity (Wildman–Crippen MR) is 83.5 cm³/mol. The summed E-state index contributed by atoms with van der Waals surface area (Å²) in [5.41, 5.74) is 1.23. The standard InChI is InChI=1S/C15H15N3O3S/c19-14(12-2-1-8-16-12)17-10-3-5-11(6-4-10)22-18-13-7-9-21-15(13)20/h1-6,8,13,16,18H,7,9H2,(H,17,19). The molecule has 0 saturated carbocycles. The Labute approximate surface area is 131 Å². The molecule has 1 aliphatic heterocycles.